The SMILES string of the molecule is C[C@]12CC[C@H]3[C@]4(C=C[C@@]5(C=C4C(=O)c4ccccc4)CC(O)CC[C@]35C)[C@@H]1CC[C@@]2(O)CSc1ncn[nH]1. The minimum absolute atomic E-state index is 0.0158. The number of rotatable bonds is 5. The maximum Gasteiger partial charge on any atom is 0.189 e. The summed E-state index contributed by atoms with van der Waals surface area (Å²) in [6.45, 7) is 4.70. The zero-order chi connectivity index (χ0) is 26.4. The van der Waals surface area contributed by atoms with Gasteiger partial charge in [0.25, 0.3) is 0 Å². The summed E-state index contributed by atoms with van der Waals surface area (Å²) in [7, 11) is 0. The number of Topliss-reactive ketones (excluding diaryl/α,β-unsaturated/α-hetero) is 1. The van der Waals surface area contributed by atoms with Crippen LogP contribution in [-0.2, 0) is 0 Å². The van der Waals surface area contributed by atoms with Gasteiger partial charge >= 0.3 is 0 Å². The molecule has 38 heavy (non-hydrogen) atoms. The van der Waals surface area contributed by atoms with Crippen LogP contribution in [0.3, 0.4) is 0 Å². The molecular formula is C31H37N3O3S. The maximum atomic E-state index is 14.4. The van der Waals surface area contributed by atoms with E-state index in [2.05, 4.69) is 47.3 Å². The van der Waals surface area contributed by atoms with Gasteiger partial charge in [-0.25, -0.2) is 4.98 Å². The van der Waals surface area contributed by atoms with Crippen LogP contribution in [0.2, 0.25) is 0 Å². The normalized spacial score (nSPS) is 44.7. The molecule has 6 nitrogen and oxygen atoms in total. The summed E-state index contributed by atoms with van der Waals surface area (Å²) in [4.78, 5) is 18.6. The van der Waals surface area contributed by atoms with Crippen molar-refractivity contribution in [1.82, 2.24) is 15.2 Å². The Morgan fingerprint density at radius 1 is 1.05 bits per heavy atom. The minimum atomic E-state index is -0.862. The molecule has 3 fully saturated rings. The van der Waals surface area contributed by atoms with Crippen molar-refractivity contribution in [2.24, 2.45) is 33.5 Å². The number of benzene rings is 1. The van der Waals surface area contributed by atoms with Gasteiger partial charge in [0.1, 0.15) is 6.33 Å². The third kappa shape index (κ3) is 3.01. The molecule has 2 aromatic rings. The Morgan fingerprint density at radius 3 is 2.55 bits per heavy atom. The quantitative estimate of drug-likeness (QED) is 0.273. The lowest BCUT2D eigenvalue weighted by Crippen LogP contribution is -2.67. The Hall–Kier alpha value is -2.22. The van der Waals surface area contributed by atoms with Crippen molar-refractivity contribution >= 4 is 17.5 Å². The summed E-state index contributed by atoms with van der Waals surface area (Å²) in [6, 6.07) is 9.68. The van der Waals surface area contributed by atoms with Gasteiger partial charge in [-0.3, -0.25) is 9.89 Å². The summed E-state index contributed by atoms with van der Waals surface area (Å²) in [5.74, 6) is 1.13. The number of fused-ring (bicyclic) bond motifs is 1. The molecule has 8 atom stereocenters. The van der Waals surface area contributed by atoms with E-state index in [-0.39, 0.29) is 34.1 Å². The summed E-state index contributed by atoms with van der Waals surface area (Å²) in [6.07, 6.45) is 14.1. The monoisotopic (exact) mass is 531 g/mol. The first-order valence-corrected chi connectivity index (χ1v) is 15.1. The van der Waals surface area contributed by atoms with Crippen LogP contribution in [0, 0.1) is 33.5 Å². The fraction of sp³-hybridized carbons (Fsp3) is 0.581. The van der Waals surface area contributed by atoms with Crippen molar-refractivity contribution in [1.29, 1.82) is 0 Å². The average Bonchev–Trinajstić information content (AvgIpc) is 3.54. The Morgan fingerprint density at radius 2 is 1.79 bits per heavy atom. The highest BCUT2D eigenvalue weighted by Crippen LogP contribution is 2.78. The van der Waals surface area contributed by atoms with E-state index >= 15 is 0 Å². The Bertz CT molecular complexity index is 1330. The van der Waals surface area contributed by atoms with Crippen LogP contribution in [-0.4, -0.2) is 48.6 Å². The van der Waals surface area contributed by atoms with Crippen LogP contribution in [0.15, 0.2) is 65.6 Å². The molecule has 6 aliphatic carbocycles. The standard InChI is InChI=1S/C31H37N3O3S/c1-27-11-8-21(35)16-29(27)14-15-31(22(17-29)25(36)20-6-4-3-5-7-20)23(27)9-12-28(2)24(31)10-13-30(28,37)18-38-26-32-19-33-34-26/h3-7,14-15,17,19,21,23-24,35,37H,8-13,16,18H2,1-2H3,(H,32,33,34)/t21?,23-,24-,27-,28+,29+,30-,31-/m1/s1. The number of ketones is 1. The minimum Gasteiger partial charge on any atom is -0.393 e. The van der Waals surface area contributed by atoms with E-state index in [4.69, 9.17) is 0 Å². The molecule has 3 N–H and O–H groups in total. The first kappa shape index (κ1) is 24.8. The lowest BCUT2D eigenvalue weighted by molar-refractivity contribution is -0.166. The van der Waals surface area contributed by atoms with E-state index in [1.165, 1.54) is 18.1 Å². The predicted octanol–water partition coefficient (Wildman–Crippen LogP) is 5.37. The second-order valence-corrected chi connectivity index (χ2v) is 14.0. The molecule has 2 bridgehead atoms. The zero-order valence-electron chi connectivity index (χ0n) is 22.2. The molecular weight excluding hydrogens is 494 g/mol. The number of carbonyl (C=O) groups is 1. The topological polar surface area (TPSA) is 99.1 Å². The van der Waals surface area contributed by atoms with E-state index in [1.807, 2.05) is 30.3 Å². The highest BCUT2D eigenvalue weighted by Gasteiger charge is 2.74. The summed E-state index contributed by atoms with van der Waals surface area (Å²) in [5, 5.41) is 30.7. The van der Waals surface area contributed by atoms with Crippen molar-refractivity contribution in [3.63, 3.8) is 0 Å². The number of hydrogen-bond acceptors (Lipinski definition) is 6. The van der Waals surface area contributed by atoms with E-state index in [0.717, 1.165) is 48.4 Å². The number of aromatic nitrogens is 3. The molecule has 1 heterocycles. The molecule has 200 valence electrons. The average molecular weight is 532 g/mol. The fourth-order valence-electron chi connectivity index (χ4n) is 9.77. The maximum absolute atomic E-state index is 14.4. The van der Waals surface area contributed by atoms with Crippen molar-refractivity contribution in [3.05, 3.63) is 66.0 Å². The molecule has 8 rings (SSSR count). The van der Waals surface area contributed by atoms with Crippen LogP contribution in [0.4, 0.5) is 0 Å². The molecule has 2 spiro atoms. The van der Waals surface area contributed by atoms with Gasteiger partial charge in [0.2, 0.25) is 0 Å². The first-order chi connectivity index (χ1) is 18.2. The van der Waals surface area contributed by atoms with Crippen molar-refractivity contribution in [2.45, 2.75) is 75.7 Å². The molecule has 0 saturated heterocycles. The van der Waals surface area contributed by atoms with E-state index < -0.39 is 11.0 Å². The van der Waals surface area contributed by atoms with Gasteiger partial charge in [-0.15, -0.1) is 0 Å². The number of nitrogens with one attached hydrogen (secondary N) is 1. The number of carbonyl (C=O) groups excluding carboxylic acids is 1. The predicted molar refractivity (Wildman–Crippen MR) is 146 cm³/mol. The molecule has 0 aliphatic heterocycles. The molecule has 0 amide bonds. The van der Waals surface area contributed by atoms with Crippen LogP contribution >= 0.6 is 11.8 Å². The van der Waals surface area contributed by atoms with Gasteiger partial charge in [0, 0.05) is 33.1 Å². The van der Waals surface area contributed by atoms with Gasteiger partial charge in [-0.05, 0) is 62.2 Å². The van der Waals surface area contributed by atoms with Gasteiger partial charge in [0.05, 0.1) is 11.7 Å². The van der Waals surface area contributed by atoms with Crippen molar-refractivity contribution in [3.8, 4) is 0 Å². The second-order valence-electron chi connectivity index (χ2n) is 13.1. The van der Waals surface area contributed by atoms with Crippen LogP contribution in [0.1, 0.15) is 69.2 Å². The first-order valence-electron chi connectivity index (χ1n) is 14.1. The second kappa shape index (κ2) is 8.15. The van der Waals surface area contributed by atoms with E-state index in [0.29, 0.717) is 24.5 Å². The third-order valence-electron chi connectivity index (χ3n) is 11.8. The number of aliphatic hydroxyl groups excluding tert-OH is 1. The van der Waals surface area contributed by atoms with Crippen molar-refractivity contribution < 1.29 is 15.0 Å². The van der Waals surface area contributed by atoms with Gasteiger partial charge < -0.3 is 10.2 Å². The summed E-state index contributed by atoms with van der Waals surface area (Å²) < 4.78 is 0. The number of aliphatic hydroxyl groups is 2. The third-order valence-corrected chi connectivity index (χ3v) is 12.9. The Balaban J connectivity index is 1.36. The summed E-state index contributed by atoms with van der Waals surface area (Å²) >= 11 is 1.54. The van der Waals surface area contributed by atoms with E-state index in [9.17, 15) is 15.0 Å². The smallest absolute Gasteiger partial charge is 0.189 e. The number of nitrogens with zero attached hydrogens (tertiary/aromatic N) is 2. The Labute approximate surface area is 228 Å². The largest absolute Gasteiger partial charge is 0.393 e. The van der Waals surface area contributed by atoms with Gasteiger partial charge in [0.15, 0.2) is 10.9 Å². The molecule has 1 aromatic heterocycles. The summed E-state index contributed by atoms with van der Waals surface area (Å²) in [5.41, 5.74) is -0.299. The number of hydrogen-bond donors (Lipinski definition) is 3. The lowest BCUT2D eigenvalue weighted by Gasteiger charge is -2.71. The molecule has 7 heteroatoms. The number of thioether (sulfide) groups is 1. The number of aromatic amines is 1. The van der Waals surface area contributed by atoms with Crippen LogP contribution in [0.25, 0.3) is 0 Å². The van der Waals surface area contributed by atoms with E-state index in [1.54, 1.807) is 0 Å². The highest BCUT2D eigenvalue weighted by molar-refractivity contribution is 7.99. The van der Waals surface area contributed by atoms with Crippen LogP contribution in [0.5, 0.6) is 0 Å². The molecule has 1 aromatic carbocycles. The van der Waals surface area contributed by atoms with Gasteiger partial charge in [-0.2, -0.15) is 5.10 Å². The number of H-pyrrole nitrogens is 1. The molecule has 6 aliphatic rings. The molecule has 3 saturated carbocycles. The van der Waals surface area contributed by atoms with Crippen molar-refractivity contribution in [2.75, 3.05) is 5.75 Å². The lowest BCUT2D eigenvalue weighted by atomic mass is 9.32. The Kier molecular flexibility index (Phi) is 5.32. The highest BCUT2D eigenvalue weighted by atomic mass is 32.2. The number of allylic oxidation sites excluding steroid dienone is 4. The molecule has 0 radical (unpaired) electrons. The van der Waals surface area contributed by atoms with Gasteiger partial charge in [-0.1, -0.05) is 74.2 Å². The molecule has 1 unspecified atom stereocenters. The zero-order valence-corrected chi connectivity index (χ0v) is 23.0. The fourth-order valence-corrected chi connectivity index (χ4v) is 10.9. The van der Waals surface area contributed by atoms with Crippen LogP contribution < -0.4 is 0 Å².